The van der Waals surface area contributed by atoms with E-state index in [1.54, 1.807) is 6.20 Å². The van der Waals surface area contributed by atoms with E-state index in [1.807, 2.05) is 11.9 Å². The van der Waals surface area contributed by atoms with Crippen LogP contribution >= 0.6 is 0 Å². The number of anilines is 2. The molecule has 13 heavy (non-hydrogen) atoms. The quantitative estimate of drug-likeness (QED) is 0.723. The summed E-state index contributed by atoms with van der Waals surface area (Å²) in [4.78, 5) is 9.80. The molecule has 0 amide bonds. The highest BCUT2D eigenvalue weighted by Gasteiger charge is 2.01. The van der Waals surface area contributed by atoms with Crippen molar-refractivity contribution < 1.29 is 0 Å². The largest absolute Gasteiger partial charge is 0.382 e. The number of nitrogens with zero attached hydrogens (tertiary/aromatic N) is 4. The van der Waals surface area contributed by atoms with E-state index in [1.165, 1.54) is 6.20 Å². The highest BCUT2D eigenvalue weighted by atomic mass is 15.2. The Morgan fingerprint density at radius 3 is 3.00 bits per heavy atom. The summed E-state index contributed by atoms with van der Waals surface area (Å²) in [7, 11) is 1.85. The zero-order valence-corrected chi connectivity index (χ0v) is 7.44. The fraction of sp³-hybridized carbons (Fsp3) is 0.375. The van der Waals surface area contributed by atoms with Gasteiger partial charge >= 0.3 is 0 Å². The van der Waals surface area contributed by atoms with Gasteiger partial charge in [-0.25, -0.2) is 4.98 Å². The first-order chi connectivity index (χ1) is 6.24. The lowest BCUT2D eigenvalue weighted by molar-refractivity contribution is 0.880. The van der Waals surface area contributed by atoms with Gasteiger partial charge in [0.15, 0.2) is 0 Å². The Morgan fingerprint density at radius 2 is 2.38 bits per heavy atom. The van der Waals surface area contributed by atoms with Crippen LogP contribution in [0.4, 0.5) is 11.6 Å². The zero-order valence-electron chi connectivity index (χ0n) is 7.44. The number of nitrogens with two attached hydrogens (primary N) is 1. The number of nitriles is 1. The molecule has 0 aliphatic carbocycles. The predicted molar refractivity (Wildman–Crippen MR) is 49.9 cm³/mol. The molecule has 0 aliphatic heterocycles. The van der Waals surface area contributed by atoms with E-state index in [9.17, 15) is 0 Å². The van der Waals surface area contributed by atoms with Gasteiger partial charge in [0.05, 0.1) is 24.9 Å². The molecule has 0 spiro atoms. The van der Waals surface area contributed by atoms with E-state index in [0.29, 0.717) is 24.6 Å². The lowest BCUT2D eigenvalue weighted by Crippen LogP contribution is -2.19. The standard InChI is InChI=1S/C8H11N5/c1-13(4-2-3-9)8-6-11-5-7(10)12-8/h5-6H,2,4H2,1H3,(H2,10,12). The van der Waals surface area contributed by atoms with Gasteiger partial charge in [0.25, 0.3) is 0 Å². The molecule has 0 radical (unpaired) electrons. The molecule has 68 valence electrons. The molecular weight excluding hydrogens is 166 g/mol. The average Bonchev–Trinajstić information content (AvgIpc) is 2.14. The van der Waals surface area contributed by atoms with Crippen LogP contribution in [0.5, 0.6) is 0 Å². The Kier molecular flexibility index (Phi) is 3.03. The summed E-state index contributed by atoms with van der Waals surface area (Å²) in [5.41, 5.74) is 5.46. The third kappa shape index (κ3) is 2.60. The average molecular weight is 177 g/mol. The molecular formula is C8H11N5. The van der Waals surface area contributed by atoms with Crippen molar-refractivity contribution in [2.24, 2.45) is 0 Å². The summed E-state index contributed by atoms with van der Waals surface area (Å²) < 4.78 is 0. The molecule has 0 aromatic carbocycles. The first kappa shape index (κ1) is 9.26. The minimum Gasteiger partial charge on any atom is -0.382 e. The van der Waals surface area contributed by atoms with Crippen LogP contribution in [0.1, 0.15) is 6.42 Å². The third-order valence-electron chi connectivity index (χ3n) is 1.59. The van der Waals surface area contributed by atoms with Gasteiger partial charge in [0, 0.05) is 13.6 Å². The Hall–Kier alpha value is -1.83. The van der Waals surface area contributed by atoms with Gasteiger partial charge in [0.2, 0.25) is 0 Å². The van der Waals surface area contributed by atoms with Crippen LogP contribution in [0.25, 0.3) is 0 Å². The highest BCUT2D eigenvalue weighted by Crippen LogP contribution is 2.08. The topological polar surface area (TPSA) is 78.8 Å². The highest BCUT2D eigenvalue weighted by molar-refractivity contribution is 5.40. The number of nitrogen functional groups attached to an aromatic ring is 1. The van der Waals surface area contributed by atoms with Crippen LogP contribution in [0.2, 0.25) is 0 Å². The molecule has 1 rings (SSSR count). The van der Waals surface area contributed by atoms with E-state index in [4.69, 9.17) is 11.0 Å². The molecule has 0 fully saturated rings. The molecule has 0 unspecified atom stereocenters. The van der Waals surface area contributed by atoms with Crippen LogP contribution in [-0.4, -0.2) is 23.6 Å². The lowest BCUT2D eigenvalue weighted by atomic mass is 10.4. The maximum Gasteiger partial charge on any atom is 0.149 e. The van der Waals surface area contributed by atoms with E-state index < -0.39 is 0 Å². The lowest BCUT2D eigenvalue weighted by Gasteiger charge is -2.15. The fourth-order valence-electron chi connectivity index (χ4n) is 0.886. The van der Waals surface area contributed by atoms with Crippen molar-refractivity contribution in [3.63, 3.8) is 0 Å². The van der Waals surface area contributed by atoms with Crippen molar-refractivity contribution in [1.29, 1.82) is 5.26 Å². The van der Waals surface area contributed by atoms with Crippen molar-refractivity contribution in [1.82, 2.24) is 9.97 Å². The molecule has 5 nitrogen and oxygen atoms in total. The molecule has 1 aromatic heterocycles. The van der Waals surface area contributed by atoms with E-state index in [-0.39, 0.29) is 0 Å². The number of aromatic nitrogens is 2. The summed E-state index contributed by atoms with van der Waals surface area (Å²) in [6.07, 6.45) is 3.57. The zero-order chi connectivity index (χ0) is 9.68. The summed E-state index contributed by atoms with van der Waals surface area (Å²) in [6, 6.07) is 2.06. The smallest absolute Gasteiger partial charge is 0.149 e. The minimum absolute atomic E-state index is 0.390. The number of rotatable bonds is 3. The van der Waals surface area contributed by atoms with Crippen molar-refractivity contribution in [2.75, 3.05) is 24.2 Å². The Balaban J connectivity index is 2.66. The first-order valence-corrected chi connectivity index (χ1v) is 3.89. The molecule has 5 heteroatoms. The van der Waals surface area contributed by atoms with Crippen molar-refractivity contribution in [2.45, 2.75) is 6.42 Å². The Labute approximate surface area is 76.8 Å². The van der Waals surface area contributed by atoms with Crippen molar-refractivity contribution in [3.8, 4) is 6.07 Å². The van der Waals surface area contributed by atoms with Gasteiger partial charge in [-0.05, 0) is 0 Å². The van der Waals surface area contributed by atoms with Gasteiger partial charge in [-0.2, -0.15) is 5.26 Å². The SMILES string of the molecule is CN(CCC#N)c1cncc(N)n1. The number of hydrogen-bond acceptors (Lipinski definition) is 5. The van der Waals surface area contributed by atoms with Gasteiger partial charge in [0.1, 0.15) is 11.6 Å². The van der Waals surface area contributed by atoms with E-state index >= 15 is 0 Å². The summed E-state index contributed by atoms with van der Waals surface area (Å²) in [6.45, 7) is 0.634. The van der Waals surface area contributed by atoms with Gasteiger partial charge in [-0.1, -0.05) is 0 Å². The van der Waals surface area contributed by atoms with Crippen LogP contribution in [0.15, 0.2) is 12.4 Å². The molecule has 0 bridgehead atoms. The second-order valence-electron chi connectivity index (χ2n) is 2.63. The minimum atomic E-state index is 0.390. The van der Waals surface area contributed by atoms with Crippen LogP contribution in [-0.2, 0) is 0 Å². The second kappa shape index (κ2) is 4.26. The van der Waals surface area contributed by atoms with Crippen LogP contribution < -0.4 is 10.6 Å². The second-order valence-corrected chi connectivity index (χ2v) is 2.63. The molecule has 0 saturated heterocycles. The molecule has 1 heterocycles. The van der Waals surface area contributed by atoms with Crippen molar-refractivity contribution >= 4 is 11.6 Å². The predicted octanol–water partition coefficient (Wildman–Crippen LogP) is 0.409. The Morgan fingerprint density at radius 1 is 1.62 bits per heavy atom. The fourth-order valence-corrected chi connectivity index (χ4v) is 0.886. The maximum absolute atomic E-state index is 8.38. The summed E-state index contributed by atoms with van der Waals surface area (Å²) in [5, 5.41) is 8.38. The van der Waals surface area contributed by atoms with E-state index in [0.717, 1.165) is 0 Å². The summed E-state index contributed by atoms with van der Waals surface area (Å²) >= 11 is 0. The third-order valence-corrected chi connectivity index (χ3v) is 1.59. The van der Waals surface area contributed by atoms with Crippen LogP contribution in [0, 0.1) is 11.3 Å². The molecule has 0 saturated carbocycles. The number of hydrogen-bond donors (Lipinski definition) is 1. The Bertz CT molecular complexity index is 317. The molecule has 0 aliphatic rings. The van der Waals surface area contributed by atoms with Crippen molar-refractivity contribution in [3.05, 3.63) is 12.4 Å². The van der Waals surface area contributed by atoms with Crippen LogP contribution in [0.3, 0.4) is 0 Å². The summed E-state index contributed by atoms with van der Waals surface area (Å²) in [5.74, 6) is 1.08. The molecule has 0 atom stereocenters. The molecule has 1 aromatic rings. The van der Waals surface area contributed by atoms with E-state index in [2.05, 4.69) is 16.0 Å². The van der Waals surface area contributed by atoms with Gasteiger partial charge in [-0.15, -0.1) is 0 Å². The molecule has 2 N–H and O–H groups in total. The monoisotopic (exact) mass is 177 g/mol. The van der Waals surface area contributed by atoms with Gasteiger partial charge < -0.3 is 10.6 Å². The maximum atomic E-state index is 8.38. The first-order valence-electron chi connectivity index (χ1n) is 3.89. The normalized spacial score (nSPS) is 9.23. The van der Waals surface area contributed by atoms with Gasteiger partial charge in [-0.3, -0.25) is 4.98 Å².